The minimum absolute atomic E-state index is 0.106. The standard InChI is InChI=1S/C23H22N2O4/c1-28-22(27)18-8-6-17(7-9-18)16-25-13-10-19(15-21(25)26)23(11-4-14-29-23)20-5-2-3-12-24-20/h2-3,5-10,12-13,15H,4,11,14,16H2,1H3. The van der Waals surface area contributed by atoms with Gasteiger partial charge in [0.15, 0.2) is 0 Å². The van der Waals surface area contributed by atoms with E-state index in [1.54, 1.807) is 35.2 Å². The maximum Gasteiger partial charge on any atom is 0.337 e. The normalized spacial score (nSPS) is 18.5. The summed E-state index contributed by atoms with van der Waals surface area (Å²) in [6, 6.07) is 16.4. The largest absolute Gasteiger partial charge is 0.465 e. The number of carbonyl (C=O) groups is 1. The Labute approximate surface area is 168 Å². The number of rotatable bonds is 5. The summed E-state index contributed by atoms with van der Waals surface area (Å²) in [4.78, 5) is 28.8. The molecule has 148 valence electrons. The first-order valence-electron chi connectivity index (χ1n) is 9.56. The van der Waals surface area contributed by atoms with Gasteiger partial charge in [0, 0.05) is 25.1 Å². The Kier molecular flexibility index (Phi) is 5.27. The molecule has 0 N–H and O–H groups in total. The number of nitrogens with zero attached hydrogens (tertiary/aromatic N) is 2. The van der Waals surface area contributed by atoms with Crippen molar-refractivity contribution in [3.63, 3.8) is 0 Å². The Morgan fingerprint density at radius 1 is 1.21 bits per heavy atom. The van der Waals surface area contributed by atoms with Crippen molar-refractivity contribution >= 4 is 5.97 Å². The molecule has 1 aliphatic rings. The van der Waals surface area contributed by atoms with Crippen molar-refractivity contribution in [2.75, 3.05) is 13.7 Å². The second kappa shape index (κ2) is 8.01. The van der Waals surface area contributed by atoms with Gasteiger partial charge >= 0.3 is 5.97 Å². The highest BCUT2D eigenvalue weighted by molar-refractivity contribution is 5.89. The van der Waals surface area contributed by atoms with Gasteiger partial charge in [-0.25, -0.2) is 4.79 Å². The Morgan fingerprint density at radius 2 is 2.03 bits per heavy atom. The van der Waals surface area contributed by atoms with Crippen molar-refractivity contribution in [2.24, 2.45) is 0 Å². The summed E-state index contributed by atoms with van der Waals surface area (Å²) in [6.07, 6.45) is 5.25. The second-order valence-corrected chi connectivity index (χ2v) is 7.06. The topological polar surface area (TPSA) is 70.4 Å². The molecule has 3 aromatic rings. The molecular formula is C23H22N2O4. The lowest BCUT2D eigenvalue weighted by atomic mass is 9.87. The van der Waals surface area contributed by atoms with Crippen LogP contribution in [0.2, 0.25) is 0 Å². The summed E-state index contributed by atoms with van der Waals surface area (Å²) in [6.45, 7) is 1.06. The Morgan fingerprint density at radius 3 is 2.66 bits per heavy atom. The number of carbonyl (C=O) groups excluding carboxylic acids is 1. The first-order valence-corrected chi connectivity index (χ1v) is 9.56. The lowest BCUT2D eigenvalue weighted by Gasteiger charge is -2.28. The van der Waals surface area contributed by atoms with E-state index in [9.17, 15) is 9.59 Å². The Hall–Kier alpha value is -3.25. The van der Waals surface area contributed by atoms with Crippen LogP contribution in [-0.2, 0) is 21.6 Å². The fraction of sp³-hybridized carbons (Fsp3) is 0.261. The third-order valence-corrected chi connectivity index (χ3v) is 5.29. The highest BCUT2D eigenvalue weighted by Gasteiger charge is 2.40. The molecule has 1 saturated heterocycles. The second-order valence-electron chi connectivity index (χ2n) is 7.06. The van der Waals surface area contributed by atoms with Gasteiger partial charge in [0.2, 0.25) is 0 Å². The molecule has 6 heteroatoms. The zero-order valence-corrected chi connectivity index (χ0v) is 16.2. The van der Waals surface area contributed by atoms with Gasteiger partial charge in [0.05, 0.1) is 24.9 Å². The van der Waals surface area contributed by atoms with E-state index in [0.717, 1.165) is 29.7 Å². The van der Waals surface area contributed by atoms with Crippen LogP contribution in [0, 0.1) is 0 Å². The van der Waals surface area contributed by atoms with Gasteiger partial charge in [-0.2, -0.15) is 0 Å². The average Bonchev–Trinajstić information content (AvgIpc) is 3.27. The summed E-state index contributed by atoms with van der Waals surface area (Å²) in [5.74, 6) is -0.380. The minimum Gasteiger partial charge on any atom is -0.465 e. The van der Waals surface area contributed by atoms with Gasteiger partial charge in [0.25, 0.3) is 5.56 Å². The van der Waals surface area contributed by atoms with Crippen LogP contribution in [0.25, 0.3) is 0 Å². The number of hydrogen-bond donors (Lipinski definition) is 0. The van der Waals surface area contributed by atoms with Gasteiger partial charge in [-0.15, -0.1) is 0 Å². The third kappa shape index (κ3) is 3.71. The Bertz CT molecular complexity index is 1050. The molecule has 4 rings (SSSR count). The molecule has 29 heavy (non-hydrogen) atoms. The van der Waals surface area contributed by atoms with E-state index in [4.69, 9.17) is 9.47 Å². The molecule has 0 bridgehead atoms. The highest BCUT2D eigenvalue weighted by atomic mass is 16.5. The number of aromatic nitrogens is 2. The lowest BCUT2D eigenvalue weighted by molar-refractivity contribution is 0.0322. The molecular weight excluding hydrogens is 368 g/mol. The third-order valence-electron chi connectivity index (χ3n) is 5.29. The first-order chi connectivity index (χ1) is 14.1. The molecule has 0 aliphatic carbocycles. The van der Waals surface area contributed by atoms with Gasteiger partial charge in [-0.05, 0) is 54.3 Å². The summed E-state index contributed by atoms with van der Waals surface area (Å²) in [7, 11) is 1.35. The van der Waals surface area contributed by atoms with E-state index in [1.807, 2.05) is 36.4 Å². The van der Waals surface area contributed by atoms with Crippen LogP contribution in [0.5, 0.6) is 0 Å². The van der Waals surface area contributed by atoms with E-state index in [2.05, 4.69) is 4.98 Å². The summed E-state index contributed by atoms with van der Waals surface area (Å²) < 4.78 is 12.5. The van der Waals surface area contributed by atoms with Crippen LogP contribution in [0.15, 0.2) is 71.8 Å². The maximum atomic E-state index is 12.8. The zero-order chi connectivity index (χ0) is 20.3. The molecule has 1 atom stereocenters. The van der Waals surface area contributed by atoms with E-state index in [1.165, 1.54) is 7.11 Å². The fourth-order valence-electron chi connectivity index (χ4n) is 3.77. The van der Waals surface area contributed by atoms with Gasteiger partial charge < -0.3 is 14.0 Å². The highest BCUT2D eigenvalue weighted by Crippen LogP contribution is 2.40. The number of pyridine rings is 2. The zero-order valence-electron chi connectivity index (χ0n) is 16.2. The molecule has 1 aliphatic heterocycles. The quantitative estimate of drug-likeness (QED) is 0.626. The van der Waals surface area contributed by atoms with Crippen LogP contribution < -0.4 is 5.56 Å². The maximum absolute atomic E-state index is 12.8. The van der Waals surface area contributed by atoms with Crippen molar-refractivity contribution in [1.29, 1.82) is 0 Å². The van der Waals surface area contributed by atoms with Crippen molar-refractivity contribution < 1.29 is 14.3 Å². The molecule has 3 heterocycles. The van der Waals surface area contributed by atoms with E-state index < -0.39 is 5.60 Å². The van der Waals surface area contributed by atoms with Crippen molar-refractivity contribution in [1.82, 2.24) is 9.55 Å². The smallest absolute Gasteiger partial charge is 0.337 e. The summed E-state index contributed by atoms with van der Waals surface area (Å²) in [5, 5.41) is 0. The molecule has 0 saturated carbocycles. The average molecular weight is 390 g/mol. The molecule has 2 aromatic heterocycles. The van der Waals surface area contributed by atoms with Crippen LogP contribution in [-0.4, -0.2) is 29.2 Å². The number of benzene rings is 1. The van der Waals surface area contributed by atoms with E-state index in [0.29, 0.717) is 18.7 Å². The van der Waals surface area contributed by atoms with Crippen LogP contribution in [0.3, 0.4) is 0 Å². The molecule has 0 radical (unpaired) electrons. The molecule has 1 aromatic carbocycles. The van der Waals surface area contributed by atoms with Crippen LogP contribution >= 0.6 is 0 Å². The van der Waals surface area contributed by atoms with Gasteiger partial charge in [0.1, 0.15) is 5.60 Å². The SMILES string of the molecule is COC(=O)c1ccc(Cn2ccc(C3(c4ccccn4)CCCO3)cc2=O)cc1. The van der Waals surface area contributed by atoms with Crippen LogP contribution in [0.4, 0.5) is 0 Å². The predicted molar refractivity (Wildman–Crippen MR) is 108 cm³/mol. The van der Waals surface area contributed by atoms with Crippen molar-refractivity contribution in [3.05, 3.63) is 99.7 Å². The van der Waals surface area contributed by atoms with E-state index >= 15 is 0 Å². The number of methoxy groups -OCH3 is 1. The van der Waals surface area contributed by atoms with Gasteiger partial charge in [-0.3, -0.25) is 9.78 Å². The molecule has 1 unspecified atom stereocenters. The Balaban J connectivity index is 1.61. The van der Waals surface area contributed by atoms with E-state index in [-0.39, 0.29) is 11.5 Å². The van der Waals surface area contributed by atoms with Crippen molar-refractivity contribution in [2.45, 2.75) is 25.0 Å². The van der Waals surface area contributed by atoms with Crippen LogP contribution in [0.1, 0.15) is 40.0 Å². The minimum atomic E-state index is -0.665. The monoisotopic (exact) mass is 390 g/mol. The summed E-state index contributed by atoms with van der Waals surface area (Å²) >= 11 is 0. The lowest BCUT2D eigenvalue weighted by Crippen LogP contribution is -2.31. The number of hydrogen-bond acceptors (Lipinski definition) is 5. The first kappa shape index (κ1) is 19.1. The molecule has 1 fully saturated rings. The molecule has 0 spiro atoms. The van der Waals surface area contributed by atoms with Gasteiger partial charge in [-0.1, -0.05) is 18.2 Å². The molecule has 6 nitrogen and oxygen atoms in total. The number of esters is 1. The molecule has 0 amide bonds. The summed E-state index contributed by atoms with van der Waals surface area (Å²) in [5.41, 5.74) is 2.29. The van der Waals surface area contributed by atoms with Crippen molar-refractivity contribution in [3.8, 4) is 0 Å². The fourth-order valence-corrected chi connectivity index (χ4v) is 3.77. The number of ether oxygens (including phenoxy) is 2. The predicted octanol–water partition coefficient (Wildman–Crippen LogP) is 3.13.